The second kappa shape index (κ2) is 9.19. The Kier molecular flexibility index (Phi) is 8.81. The molecule has 2 N–H and O–H groups in total. The molecule has 0 radical (unpaired) electrons. The highest BCUT2D eigenvalue weighted by Crippen LogP contribution is 2.15. The second-order valence-electron chi connectivity index (χ2n) is 4.89. The molecular formula is C14H23Cl2N3O. The Hall–Kier alpha value is -0.810. The van der Waals surface area contributed by atoms with Gasteiger partial charge in [-0.25, -0.2) is 0 Å². The van der Waals surface area contributed by atoms with Gasteiger partial charge in [0, 0.05) is 31.9 Å². The van der Waals surface area contributed by atoms with Crippen LogP contribution in [0.15, 0.2) is 18.2 Å². The number of hydrogen-bond donors (Lipinski definition) is 2. The summed E-state index contributed by atoms with van der Waals surface area (Å²) in [4.78, 5) is 14.1. The molecule has 0 aliphatic carbocycles. The molecule has 0 atom stereocenters. The third kappa shape index (κ3) is 5.67. The van der Waals surface area contributed by atoms with Gasteiger partial charge in [0.05, 0.1) is 6.54 Å². The fourth-order valence-electron chi connectivity index (χ4n) is 2.22. The van der Waals surface area contributed by atoms with Crippen molar-refractivity contribution in [3.63, 3.8) is 0 Å². The highest BCUT2D eigenvalue weighted by atomic mass is 35.5. The Morgan fingerprint density at radius 1 is 1.25 bits per heavy atom. The van der Waals surface area contributed by atoms with E-state index in [4.69, 9.17) is 0 Å². The summed E-state index contributed by atoms with van der Waals surface area (Å²) < 4.78 is 0. The lowest BCUT2D eigenvalue weighted by atomic mass is 10.1. The van der Waals surface area contributed by atoms with E-state index in [-0.39, 0.29) is 30.7 Å². The fraction of sp³-hybridized carbons (Fsp3) is 0.500. The first-order valence-electron chi connectivity index (χ1n) is 6.45. The zero-order valence-corrected chi connectivity index (χ0v) is 13.6. The molecule has 4 nitrogen and oxygen atoms in total. The van der Waals surface area contributed by atoms with Gasteiger partial charge in [-0.1, -0.05) is 17.7 Å². The number of amides is 1. The van der Waals surface area contributed by atoms with Crippen LogP contribution >= 0.6 is 24.8 Å². The minimum Gasteiger partial charge on any atom is -0.325 e. The molecule has 1 amide bonds. The van der Waals surface area contributed by atoms with E-state index in [9.17, 15) is 4.79 Å². The molecule has 1 fully saturated rings. The molecule has 1 aromatic rings. The standard InChI is InChI=1S/C14H21N3O.2ClH/c1-11-3-4-13(12(2)9-11)16-14(18)10-17-7-5-15-6-8-17;;/h3-4,9,15H,5-8,10H2,1-2H3,(H,16,18);2*1H. The van der Waals surface area contributed by atoms with Gasteiger partial charge in [0.25, 0.3) is 0 Å². The predicted octanol–water partition coefficient (Wildman–Crippen LogP) is 1.99. The molecule has 1 saturated heterocycles. The SMILES string of the molecule is Cc1ccc(NC(=O)CN2CCNCC2)c(C)c1.Cl.Cl. The summed E-state index contributed by atoms with van der Waals surface area (Å²) in [6.45, 7) is 8.38. The highest BCUT2D eigenvalue weighted by molar-refractivity contribution is 5.93. The lowest BCUT2D eigenvalue weighted by Crippen LogP contribution is -2.46. The molecule has 1 aliphatic heterocycles. The number of halogens is 2. The second-order valence-corrected chi connectivity index (χ2v) is 4.89. The lowest BCUT2D eigenvalue weighted by molar-refractivity contribution is -0.117. The van der Waals surface area contributed by atoms with E-state index in [1.165, 1.54) is 5.56 Å². The summed E-state index contributed by atoms with van der Waals surface area (Å²) in [5.74, 6) is 0.0730. The van der Waals surface area contributed by atoms with Gasteiger partial charge < -0.3 is 10.6 Å². The normalized spacial score (nSPS) is 14.9. The Labute approximate surface area is 133 Å². The van der Waals surface area contributed by atoms with Gasteiger partial charge in [-0.15, -0.1) is 24.8 Å². The molecule has 0 unspecified atom stereocenters. The Bertz CT molecular complexity index is 434. The van der Waals surface area contributed by atoms with E-state index in [1.807, 2.05) is 19.1 Å². The van der Waals surface area contributed by atoms with Gasteiger partial charge in [-0.3, -0.25) is 9.69 Å². The van der Waals surface area contributed by atoms with Crippen molar-refractivity contribution >= 4 is 36.4 Å². The predicted molar refractivity (Wildman–Crippen MR) is 88.4 cm³/mol. The maximum absolute atomic E-state index is 11.9. The molecule has 0 saturated carbocycles. The topological polar surface area (TPSA) is 44.4 Å². The summed E-state index contributed by atoms with van der Waals surface area (Å²) in [5, 5.41) is 6.26. The number of piperazine rings is 1. The first-order valence-corrected chi connectivity index (χ1v) is 6.45. The molecule has 20 heavy (non-hydrogen) atoms. The summed E-state index contributed by atoms with van der Waals surface area (Å²) in [5.41, 5.74) is 3.25. The number of hydrogen-bond acceptors (Lipinski definition) is 3. The van der Waals surface area contributed by atoms with Crippen LogP contribution in [0.1, 0.15) is 11.1 Å². The van der Waals surface area contributed by atoms with Crippen LogP contribution in [0.5, 0.6) is 0 Å². The zero-order chi connectivity index (χ0) is 13.0. The number of benzene rings is 1. The van der Waals surface area contributed by atoms with Gasteiger partial charge in [-0.05, 0) is 25.5 Å². The van der Waals surface area contributed by atoms with Crippen LogP contribution in [0.3, 0.4) is 0 Å². The zero-order valence-electron chi connectivity index (χ0n) is 11.9. The maximum atomic E-state index is 11.9. The van der Waals surface area contributed by atoms with Crippen LogP contribution in [0.25, 0.3) is 0 Å². The maximum Gasteiger partial charge on any atom is 0.238 e. The first-order chi connectivity index (χ1) is 8.65. The average Bonchev–Trinajstić information content (AvgIpc) is 2.34. The summed E-state index contributed by atoms with van der Waals surface area (Å²) in [7, 11) is 0. The van der Waals surface area contributed by atoms with Crippen LogP contribution in [0.2, 0.25) is 0 Å². The third-order valence-electron chi connectivity index (χ3n) is 3.23. The Morgan fingerprint density at radius 2 is 1.90 bits per heavy atom. The smallest absolute Gasteiger partial charge is 0.238 e. The number of aryl methyl sites for hydroxylation is 2. The van der Waals surface area contributed by atoms with Gasteiger partial charge in [0.15, 0.2) is 0 Å². The number of nitrogens with one attached hydrogen (secondary N) is 2. The molecule has 6 heteroatoms. The summed E-state index contributed by atoms with van der Waals surface area (Å²) in [6, 6.07) is 6.08. The molecule has 0 spiro atoms. The number of nitrogens with zero attached hydrogens (tertiary/aromatic N) is 1. The van der Waals surface area contributed by atoms with Crippen molar-refractivity contribution in [3.8, 4) is 0 Å². The van der Waals surface area contributed by atoms with Gasteiger partial charge >= 0.3 is 0 Å². The van der Waals surface area contributed by atoms with Gasteiger partial charge in [0.2, 0.25) is 5.91 Å². The van der Waals surface area contributed by atoms with Crippen LogP contribution in [0.4, 0.5) is 5.69 Å². The molecule has 0 bridgehead atoms. The summed E-state index contributed by atoms with van der Waals surface area (Å²) >= 11 is 0. The third-order valence-corrected chi connectivity index (χ3v) is 3.23. The van der Waals surface area contributed by atoms with Crippen LogP contribution in [0, 0.1) is 13.8 Å². The molecule has 1 aliphatic rings. The first kappa shape index (κ1) is 19.2. The number of anilines is 1. The monoisotopic (exact) mass is 319 g/mol. The summed E-state index contributed by atoms with van der Waals surface area (Å²) in [6.07, 6.45) is 0. The van der Waals surface area contributed by atoms with Crippen LogP contribution < -0.4 is 10.6 Å². The highest BCUT2D eigenvalue weighted by Gasteiger charge is 2.13. The van der Waals surface area contributed by atoms with Crippen LogP contribution in [-0.4, -0.2) is 43.5 Å². The van der Waals surface area contributed by atoms with Crippen molar-refractivity contribution in [2.75, 3.05) is 38.0 Å². The number of carbonyl (C=O) groups excluding carboxylic acids is 1. The van der Waals surface area contributed by atoms with Gasteiger partial charge in [0.1, 0.15) is 0 Å². The van der Waals surface area contributed by atoms with E-state index in [1.54, 1.807) is 0 Å². The van der Waals surface area contributed by atoms with E-state index in [0.29, 0.717) is 6.54 Å². The lowest BCUT2D eigenvalue weighted by Gasteiger charge is -2.26. The quantitative estimate of drug-likeness (QED) is 0.895. The fourth-order valence-corrected chi connectivity index (χ4v) is 2.22. The number of rotatable bonds is 3. The van der Waals surface area contributed by atoms with E-state index in [2.05, 4.69) is 28.5 Å². The van der Waals surface area contributed by atoms with Crippen molar-refractivity contribution in [3.05, 3.63) is 29.3 Å². The van der Waals surface area contributed by atoms with E-state index < -0.39 is 0 Å². The molecule has 114 valence electrons. The Morgan fingerprint density at radius 3 is 2.50 bits per heavy atom. The number of carbonyl (C=O) groups is 1. The average molecular weight is 320 g/mol. The van der Waals surface area contributed by atoms with E-state index >= 15 is 0 Å². The largest absolute Gasteiger partial charge is 0.325 e. The van der Waals surface area contributed by atoms with Gasteiger partial charge in [-0.2, -0.15) is 0 Å². The minimum absolute atomic E-state index is 0. The molecule has 1 aromatic carbocycles. The minimum atomic E-state index is 0. The van der Waals surface area contributed by atoms with Crippen molar-refractivity contribution in [2.24, 2.45) is 0 Å². The Balaban J connectivity index is 0.00000180. The molecular weight excluding hydrogens is 297 g/mol. The van der Waals surface area contributed by atoms with Crippen molar-refractivity contribution in [2.45, 2.75) is 13.8 Å². The molecule has 1 heterocycles. The van der Waals surface area contributed by atoms with Crippen molar-refractivity contribution < 1.29 is 4.79 Å². The molecule has 0 aromatic heterocycles. The van der Waals surface area contributed by atoms with Crippen molar-refractivity contribution in [1.29, 1.82) is 0 Å². The molecule has 2 rings (SSSR count). The van der Waals surface area contributed by atoms with Crippen LogP contribution in [-0.2, 0) is 4.79 Å². The van der Waals surface area contributed by atoms with Crippen molar-refractivity contribution in [1.82, 2.24) is 10.2 Å². The van der Waals surface area contributed by atoms with E-state index in [0.717, 1.165) is 37.4 Å².